The highest BCUT2D eigenvalue weighted by atomic mass is 79.9. The van der Waals surface area contributed by atoms with Gasteiger partial charge in [-0.25, -0.2) is 0 Å². The average Bonchev–Trinajstić information content (AvgIpc) is 2.39. The number of amides is 2. The standard InChI is InChI=1S/C13H10BrN3O2/c14-9-5-8(6-16-7-9)13(19)17-11-4-2-1-3-10(11)12(15)18/h1-7H,(H2,15,18)(H,17,19). The minimum absolute atomic E-state index is 0.263. The van der Waals surface area contributed by atoms with Crippen LogP contribution in [0.4, 0.5) is 5.69 Å². The van der Waals surface area contributed by atoms with Crippen LogP contribution in [0.3, 0.4) is 0 Å². The monoisotopic (exact) mass is 319 g/mol. The maximum atomic E-state index is 12.0. The number of halogens is 1. The highest BCUT2D eigenvalue weighted by Gasteiger charge is 2.12. The third kappa shape index (κ3) is 3.17. The second-order valence-corrected chi connectivity index (χ2v) is 4.67. The third-order valence-corrected chi connectivity index (χ3v) is 2.84. The zero-order valence-electron chi connectivity index (χ0n) is 9.76. The number of benzene rings is 1. The molecule has 0 spiro atoms. The Morgan fingerprint density at radius 1 is 1.21 bits per heavy atom. The van der Waals surface area contributed by atoms with Gasteiger partial charge in [-0.05, 0) is 34.1 Å². The largest absolute Gasteiger partial charge is 0.366 e. The van der Waals surface area contributed by atoms with Gasteiger partial charge in [0.15, 0.2) is 0 Å². The number of carbonyl (C=O) groups is 2. The molecular weight excluding hydrogens is 310 g/mol. The number of pyridine rings is 1. The zero-order chi connectivity index (χ0) is 13.8. The lowest BCUT2D eigenvalue weighted by Gasteiger charge is -2.08. The van der Waals surface area contributed by atoms with Gasteiger partial charge in [0, 0.05) is 16.9 Å². The van der Waals surface area contributed by atoms with E-state index < -0.39 is 5.91 Å². The number of primary amides is 1. The van der Waals surface area contributed by atoms with Crippen molar-refractivity contribution >= 4 is 33.4 Å². The fraction of sp³-hybridized carbons (Fsp3) is 0. The molecule has 0 atom stereocenters. The Morgan fingerprint density at radius 2 is 1.95 bits per heavy atom. The van der Waals surface area contributed by atoms with Crippen LogP contribution in [-0.2, 0) is 0 Å². The molecule has 3 N–H and O–H groups in total. The zero-order valence-corrected chi connectivity index (χ0v) is 11.3. The number of hydrogen-bond acceptors (Lipinski definition) is 3. The first-order valence-corrected chi connectivity index (χ1v) is 6.18. The van der Waals surface area contributed by atoms with Gasteiger partial charge in [-0.15, -0.1) is 0 Å². The summed E-state index contributed by atoms with van der Waals surface area (Å²) in [5, 5.41) is 2.63. The Labute approximate surface area is 118 Å². The molecule has 1 heterocycles. The molecule has 0 unspecified atom stereocenters. The van der Waals surface area contributed by atoms with Crippen LogP contribution in [0.25, 0.3) is 0 Å². The summed E-state index contributed by atoms with van der Waals surface area (Å²) < 4.78 is 0.698. The maximum absolute atomic E-state index is 12.0. The first-order chi connectivity index (χ1) is 9.08. The topological polar surface area (TPSA) is 85.1 Å². The lowest BCUT2D eigenvalue weighted by Crippen LogP contribution is -2.18. The van der Waals surface area contributed by atoms with Gasteiger partial charge in [0.05, 0.1) is 16.8 Å². The third-order valence-electron chi connectivity index (χ3n) is 2.41. The van der Waals surface area contributed by atoms with Crippen LogP contribution >= 0.6 is 15.9 Å². The first kappa shape index (κ1) is 13.2. The van der Waals surface area contributed by atoms with Gasteiger partial charge >= 0.3 is 0 Å². The molecule has 1 aromatic carbocycles. The van der Waals surface area contributed by atoms with Gasteiger partial charge in [0.25, 0.3) is 11.8 Å². The lowest BCUT2D eigenvalue weighted by atomic mass is 10.1. The van der Waals surface area contributed by atoms with Gasteiger partial charge in [-0.2, -0.15) is 0 Å². The lowest BCUT2D eigenvalue weighted by molar-refractivity contribution is 0.100. The highest BCUT2D eigenvalue weighted by Crippen LogP contribution is 2.16. The van der Waals surface area contributed by atoms with Gasteiger partial charge in [-0.1, -0.05) is 12.1 Å². The van der Waals surface area contributed by atoms with E-state index in [0.29, 0.717) is 15.7 Å². The van der Waals surface area contributed by atoms with E-state index in [9.17, 15) is 9.59 Å². The molecule has 0 bridgehead atoms. The SMILES string of the molecule is NC(=O)c1ccccc1NC(=O)c1cncc(Br)c1. The molecule has 0 aliphatic carbocycles. The van der Waals surface area contributed by atoms with Crippen LogP contribution < -0.4 is 11.1 Å². The van der Waals surface area contributed by atoms with E-state index in [-0.39, 0.29) is 11.5 Å². The van der Waals surface area contributed by atoms with Crippen molar-refractivity contribution in [3.05, 3.63) is 58.3 Å². The van der Waals surface area contributed by atoms with E-state index in [1.54, 1.807) is 36.5 Å². The quantitative estimate of drug-likeness (QED) is 0.909. The second-order valence-electron chi connectivity index (χ2n) is 3.76. The fourth-order valence-electron chi connectivity index (χ4n) is 1.54. The predicted molar refractivity (Wildman–Crippen MR) is 74.9 cm³/mol. The second kappa shape index (κ2) is 5.62. The molecule has 96 valence electrons. The summed E-state index contributed by atoms with van der Waals surface area (Å²) in [6.45, 7) is 0. The number of para-hydroxylation sites is 1. The van der Waals surface area contributed by atoms with Gasteiger partial charge in [-0.3, -0.25) is 14.6 Å². The maximum Gasteiger partial charge on any atom is 0.257 e. The number of nitrogens with two attached hydrogens (primary N) is 1. The number of carbonyl (C=O) groups excluding carboxylic acids is 2. The van der Waals surface area contributed by atoms with E-state index in [1.165, 1.54) is 6.20 Å². The molecule has 0 aliphatic rings. The van der Waals surface area contributed by atoms with Gasteiger partial charge in [0.2, 0.25) is 0 Å². The predicted octanol–water partition coefficient (Wildman–Crippen LogP) is 2.20. The molecule has 2 aromatic rings. The summed E-state index contributed by atoms with van der Waals surface area (Å²) >= 11 is 3.24. The molecule has 0 aliphatic heterocycles. The first-order valence-electron chi connectivity index (χ1n) is 5.38. The molecule has 0 radical (unpaired) electrons. The molecule has 6 heteroatoms. The van der Waals surface area contributed by atoms with Crippen LogP contribution in [-0.4, -0.2) is 16.8 Å². The van der Waals surface area contributed by atoms with Crippen molar-refractivity contribution in [2.75, 3.05) is 5.32 Å². The summed E-state index contributed by atoms with van der Waals surface area (Å²) in [5.41, 5.74) is 6.26. The van der Waals surface area contributed by atoms with E-state index in [0.717, 1.165) is 0 Å². The number of aromatic nitrogens is 1. The molecule has 1 aromatic heterocycles. The van der Waals surface area contributed by atoms with Crippen molar-refractivity contribution in [1.82, 2.24) is 4.98 Å². The number of nitrogens with zero attached hydrogens (tertiary/aromatic N) is 1. The number of rotatable bonds is 3. The Hall–Kier alpha value is -2.21. The van der Waals surface area contributed by atoms with Crippen LogP contribution in [0.1, 0.15) is 20.7 Å². The van der Waals surface area contributed by atoms with E-state index in [4.69, 9.17) is 5.73 Å². The molecule has 0 saturated heterocycles. The van der Waals surface area contributed by atoms with E-state index >= 15 is 0 Å². The molecule has 0 fully saturated rings. The Bertz CT molecular complexity index is 643. The van der Waals surface area contributed by atoms with Gasteiger partial charge < -0.3 is 11.1 Å². The van der Waals surface area contributed by atoms with Crippen molar-refractivity contribution < 1.29 is 9.59 Å². The average molecular weight is 320 g/mol. The van der Waals surface area contributed by atoms with Gasteiger partial charge in [0.1, 0.15) is 0 Å². The van der Waals surface area contributed by atoms with E-state index in [2.05, 4.69) is 26.2 Å². The van der Waals surface area contributed by atoms with Crippen LogP contribution in [0.2, 0.25) is 0 Å². The van der Waals surface area contributed by atoms with Crippen molar-refractivity contribution in [1.29, 1.82) is 0 Å². The minimum Gasteiger partial charge on any atom is -0.366 e. The number of anilines is 1. The Morgan fingerprint density at radius 3 is 2.63 bits per heavy atom. The van der Waals surface area contributed by atoms with Crippen molar-refractivity contribution in [2.45, 2.75) is 0 Å². The van der Waals surface area contributed by atoms with Crippen LogP contribution in [0, 0.1) is 0 Å². The molecule has 0 saturated carbocycles. The number of nitrogens with one attached hydrogen (secondary N) is 1. The van der Waals surface area contributed by atoms with Crippen molar-refractivity contribution in [3.63, 3.8) is 0 Å². The molecule has 2 amide bonds. The normalized spacial score (nSPS) is 9.95. The summed E-state index contributed by atoms with van der Waals surface area (Å²) in [5.74, 6) is -0.953. The highest BCUT2D eigenvalue weighted by molar-refractivity contribution is 9.10. The van der Waals surface area contributed by atoms with Crippen LogP contribution in [0.5, 0.6) is 0 Å². The Balaban J connectivity index is 2.27. The smallest absolute Gasteiger partial charge is 0.257 e. The van der Waals surface area contributed by atoms with Crippen LogP contribution in [0.15, 0.2) is 47.2 Å². The fourth-order valence-corrected chi connectivity index (χ4v) is 1.90. The Kier molecular flexibility index (Phi) is 3.91. The summed E-state index contributed by atoms with van der Waals surface area (Å²) in [7, 11) is 0. The van der Waals surface area contributed by atoms with E-state index in [1.807, 2.05) is 0 Å². The molecule has 2 rings (SSSR count). The van der Waals surface area contributed by atoms with Crippen molar-refractivity contribution in [3.8, 4) is 0 Å². The molecular formula is C13H10BrN3O2. The summed E-state index contributed by atoms with van der Waals surface area (Å²) in [4.78, 5) is 27.2. The number of hydrogen-bond donors (Lipinski definition) is 2. The molecule has 19 heavy (non-hydrogen) atoms. The summed E-state index contributed by atoms with van der Waals surface area (Å²) in [6.07, 6.45) is 3.01. The summed E-state index contributed by atoms with van der Waals surface area (Å²) in [6, 6.07) is 8.19. The minimum atomic E-state index is -0.594. The van der Waals surface area contributed by atoms with Crippen molar-refractivity contribution in [2.24, 2.45) is 5.73 Å². The molecule has 5 nitrogen and oxygen atoms in total.